The lowest BCUT2D eigenvalue weighted by atomic mass is 10.1. The highest BCUT2D eigenvalue weighted by atomic mass is 16.7. The second-order valence-electron chi connectivity index (χ2n) is 2.84. The predicted molar refractivity (Wildman–Crippen MR) is 47.7 cm³/mol. The van der Waals surface area contributed by atoms with E-state index in [1.807, 2.05) is 6.07 Å². The van der Waals surface area contributed by atoms with E-state index in [2.05, 4.69) is 0 Å². The van der Waals surface area contributed by atoms with Crippen molar-refractivity contribution in [2.24, 2.45) is 0 Å². The van der Waals surface area contributed by atoms with Gasteiger partial charge in [-0.05, 0) is 6.07 Å². The molecule has 1 aliphatic rings. The standard InChI is InChI=1S/C9H11NO3/c1-11-4-6-2-8-9(3-7(6)10)13-5-12-8/h2-3H,4-5,10H2,1H3. The molecule has 0 unspecified atom stereocenters. The summed E-state index contributed by atoms with van der Waals surface area (Å²) in [6.45, 7) is 0.758. The van der Waals surface area contributed by atoms with Gasteiger partial charge in [-0.15, -0.1) is 0 Å². The third kappa shape index (κ3) is 1.40. The van der Waals surface area contributed by atoms with E-state index in [0.717, 1.165) is 11.3 Å². The Kier molecular flexibility index (Phi) is 1.98. The van der Waals surface area contributed by atoms with Gasteiger partial charge in [-0.1, -0.05) is 0 Å². The summed E-state index contributed by atoms with van der Waals surface area (Å²) in [6.07, 6.45) is 0. The highest BCUT2D eigenvalue weighted by molar-refractivity contribution is 5.58. The van der Waals surface area contributed by atoms with Gasteiger partial charge in [0.05, 0.1) is 6.61 Å². The molecule has 0 saturated carbocycles. The molecule has 4 heteroatoms. The summed E-state index contributed by atoms with van der Waals surface area (Å²) in [7, 11) is 1.63. The van der Waals surface area contributed by atoms with Gasteiger partial charge in [-0.2, -0.15) is 0 Å². The van der Waals surface area contributed by atoms with Crippen LogP contribution in [-0.4, -0.2) is 13.9 Å². The smallest absolute Gasteiger partial charge is 0.231 e. The number of rotatable bonds is 2. The van der Waals surface area contributed by atoms with Crippen molar-refractivity contribution in [1.82, 2.24) is 0 Å². The molecule has 2 N–H and O–H groups in total. The molecule has 0 fully saturated rings. The molecule has 2 rings (SSSR count). The number of ether oxygens (including phenoxy) is 3. The minimum atomic E-state index is 0.269. The minimum absolute atomic E-state index is 0.269. The van der Waals surface area contributed by atoms with E-state index in [4.69, 9.17) is 19.9 Å². The van der Waals surface area contributed by atoms with Gasteiger partial charge in [0, 0.05) is 24.4 Å². The molecule has 4 nitrogen and oxygen atoms in total. The molecule has 1 heterocycles. The summed E-state index contributed by atoms with van der Waals surface area (Å²) in [4.78, 5) is 0. The Morgan fingerprint density at radius 1 is 1.38 bits per heavy atom. The van der Waals surface area contributed by atoms with Crippen molar-refractivity contribution in [2.45, 2.75) is 6.61 Å². The molecule has 70 valence electrons. The van der Waals surface area contributed by atoms with Gasteiger partial charge < -0.3 is 19.9 Å². The molecular formula is C9H11NO3. The van der Waals surface area contributed by atoms with Gasteiger partial charge in [-0.25, -0.2) is 0 Å². The summed E-state index contributed by atoms with van der Waals surface area (Å²) in [5.41, 5.74) is 7.36. The molecule has 0 aromatic heterocycles. The number of benzene rings is 1. The normalized spacial score (nSPS) is 13.3. The van der Waals surface area contributed by atoms with Crippen LogP contribution in [0.4, 0.5) is 5.69 Å². The molecule has 0 spiro atoms. The highest BCUT2D eigenvalue weighted by Gasteiger charge is 2.15. The number of fused-ring (bicyclic) bond motifs is 1. The Bertz CT molecular complexity index is 325. The topological polar surface area (TPSA) is 53.7 Å². The third-order valence-corrected chi connectivity index (χ3v) is 1.93. The number of nitrogen functional groups attached to an aromatic ring is 1. The number of hydrogen-bond donors (Lipinski definition) is 1. The number of nitrogens with two attached hydrogens (primary N) is 1. The average Bonchev–Trinajstić information content (AvgIpc) is 2.52. The van der Waals surface area contributed by atoms with Crippen LogP contribution in [0, 0.1) is 0 Å². The van der Waals surface area contributed by atoms with Crippen molar-refractivity contribution in [1.29, 1.82) is 0 Å². The predicted octanol–water partition coefficient (Wildman–Crippen LogP) is 1.14. The first-order chi connectivity index (χ1) is 6.31. The average molecular weight is 181 g/mol. The Labute approximate surface area is 76.2 Å². The maximum atomic E-state index is 5.76. The molecule has 1 aromatic carbocycles. The number of anilines is 1. The monoisotopic (exact) mass is 181 g/mol. The van der Waals surface area contributed by atoms with E-state index >= 15 is 0 Å². The van der Waals surface area contributed by atoms with Gasteiger partial charge in [0.1, 0.15) is 0 Å². The van der Waals surface area contributed by atoms with E-state index in [9.17, 15) is 0 Å². The van der Waals surface area contributed by atoms with E-state index in [1.165, 1.54) is 0 Å². The van der Waals surface area contributed by atoms with Crippen molar-refractivity contribution in [2.75, 3.05) is 19.6 Å². The van der Waals surface area contributed by atoms with Crippen molar-refractivity contribution in [3.8, 4) is 11.5 Å². The second kappa shape index (κ2) is 3.14. The van der Waals surface area contributed by atoms with Crippen LogP contribution in [0.2, 0.25) is 0 Å². The first kappa shape index (κ1) is 8.19. The van der Waals surface area contributed by atoms with Crippen LogP contribution in [-0.2, 0) is 11.3 Å². The molecule has 0 radical (unpaired) electrons. The Morgan fingerprint density at radius 3 is 2.77 bits per heavy atom. The molecular weight excluding hydrogens is 170 g/mol. The van der Waals surface area contributed by atoms with E-state index < -0.39 is 0 Å². The van der Waals surface area contributed by atoms with Crippen LogP contribution in [0.15, 0.2) is 12.1 Å². The van der Waals surface area contributed by atoms with Crippen LogP contribution in [0.1, 0.15) is 5.56 Å². The van der Waals surface area contributed by atoms with Crippen LogP contribution in [0.5, 0.6) is 11.5 Å². The molecule has 0 bridgehead atoms. The maximum Gasteiger partial charge on any atom is 0.231 e. The van der Waals surface area contributed by atoms with Gasteiger partial charge >= 0.3 is 0 Å². The van der Waals surface area contributed by atoms with E-state index in [1.54, 1.807) is 13.2 Å². The molecule has 1 aromatic rings. The van der Waals surface area contributed by atoms with Crippen molar-refractivity contribution < 1.29 is 14.2 Å². The van der Waals surface area contributed by atoms with Gasteiger partial charge in [0.15, 0.2) is 11.5 Å². The lowest BCUT2D eigenvalue weighted by molar-refractivity contribution is 0.173. The van der Waals surface area contributed by atoms with Crippen LogP contribution < -0.4 is 15.2 Å². The Balaban J connectivity index is 2.37. The van der Waals surface area contributed by atoms with Crippen molar-refractivity contribution >= 4 is 5.69 Å². The fourth-order valence-electron chi connectivity index (χ4n) is 1.28. The van der Waals surface area contributed by atoms with Crippen LogP contribution >= 0.6 is 0 Å². The summed E-state index contributed by atoms with van der Waals surface area (Å²) >= 11 is 0. The number of methoxy groups -OCH3 is 1. The lowest BCUT2D eigenvalue weighted by Crippen LogP contribution is -1.95. The summed E-state index contributed by atoms with van der Waals surface area (Å²) in [6, 6.07) is 3.61. The summed E-state index contributed by atoms with van der Waals surface area (Å²) in [5.74, 6) is 1.44. The quantitative estimate of drug-likeness (QED) is 0.695. The van der Waals surface area contributed by atoms with Gasteiger partial charge in [-0.3, -0.25) is 0 Å². The van der Waals surface area contributed by atoms with Crippen LogP contribution in [0.25, 0.3) is 0 Å². The zero-order valence-electron chi connectivity index (χ0n) is 7.37. The lowest BCUT2D eigenvalue weighted by Gasteiger charge is -2.05. The Hall–Kier alpha value is -1.42. The first-order valence-corrected chi connectivity index (χ1v) is 3.98. The van der Waals surface area contributed by atoms with Gasteiger partial charge in [0.25, 0.3) is 0 Å². The summed E-state index contributed by atoms with van der Waals surface area (Å²) < 4.78 is 15.4. The molecule has 0 atom stereocenters. The SMILES string of the molecule is COCc1cc2c(cc1N)OCO2. The zero-order valence-corrected chi connectivity index (χ0v) is 7.37. The molecule has 0 amide bonds. The number of hydrogen-bond acceptors (Lipinski definition) is 4. The van der Waals surface area contributed by atoms with Gasteiger partial charge in [0.2, 0.25) is 6.79 Å². The molecule has 13 heavy (non-hydrogen) atoms. The van der Waals surface area contributed by atoms with Crippen molar-refractivity contribution in [3.63, 3.8) is 0 Å². The van der Waals surface area contributed by atoms with E-state index in [-0.39, 0.29) is 6.79 Å². The molecule has 0 aliphatic carbocycles. The second-order valence-corrected chi connectivity index (χ2v) is 2.84. The highest BCUT2D eigenvalue weighted by Crippen LogP contribution is 2.35. The maximum absolute atomic E-state index is 5.76. The first-order valence-electron chi connectivity index (χ1n) is 3.98. The third-order valence-electron chi connectivity index (χ3n) is 1.93. The largest absolute Gasteiger partial charge is 0.454 e. The van der Waals surface area contributed by atoms with E-state index in [0.29, 0.717) is 18.0 Å². The summed E-state index contributed by atoms with van der Waals surface area (Å²) in [5, 5.41) is 0. The fourth-order valence-corrected chi connectivity index (χ4v) is 1.28. The van der Waals surface area contributed by atoms with Crippen molar-refractivity contribution in [3.05, 3.63) is 17.7 Å². The zero-order chi connectivity index (χ0) is 9.26. The molecule has 0 saturated heterocycles. The minimum Gasteiger partial charge on any atom is -0.454 e. The Morgan fingerprint density at radius 2 is 2.08 bits per heavy atom. The fraction of sp³-hybridized carbons (Fsp3) is 0.333. The molecule has 1 aliphatic heterocycles. The van der Waals surface area contributed by atoms with Crippen LogP contribution in [0.3, 0.4) is 0 Å².